The number of fused-ring (bicyclic) bond motifs is 1. The van der Waals surface area contributed by atoms with Gasteiger partial charge in [-0.05, 0) is 49.2 Å². The number of benzene rings is 3. The fourth-order valence-electron chi connectivity index (χ4n) is 3.40. The minimum absolute atomic E-state index is 0.122. The maximum absolute atomic E-state index is 12.9. The highest BCUT2D eigenvalue weighted by molar-refractivity contribution is 5.97. The van der Waals surface area contributed by atoms with Crippen LogP contribution in [0, 0.1) is 0 Å². The van der Waals surface area contributed by atoms with Crippen molar-refractivity contribution in [3.05, 3.63) is 113 Å². The number of allylic oxidation sites excluding steroid dienone is 1. The van der Waals surface area contributed by atoms with Gasteiger partial charge < -0.3 is 18.6 Å². The lowest BCUT2D eigenvalue weighted by Crippen LogP contribution is -2.18. The summed E-state index contributed by atoms with van der Waals surface area (Å²) in [7, 11) is 0. The summed E-state index contributed by atoms with van der Waals surface area (Å²) < 4.78 is 22.1. The van der Waals surface area contributed by atoms with E-state index in [0.717, 1.165) is 12.8 Å². The van der Waals surface area contributed by atoms with E-state index < -0.39 is 23.3 Å². The fraction of sp³-hybridized carbons (Fsp3) is 0.138. The lowest BCUT2D eigenvalue weighted by molar-refractivity contribution is 0.0678. The van der Waals surface area contributed by atoms with Crippen LogP contribution >= 0.6 is 0 Å². The highest BCUT2D eigenvalue weighted by Crippen LogP contribution is 2.35. The molecule has 36 heavy (non-hydrogen) atoms. The Morgan fingerprint density at radius 3 is 2.03 bits per heavy atom. The monoisotopic (exact) mass is 484 g/mol. The number of rotatable bonds is 9. The summed E-state index contributed by atoms with van der Waals surface area (Å²) in [5.41, 5.74) is -0.361. The predicted molar refractivity (Wildman–Crippen MR) is 135 cm³/mol. The number of hydrogen-bond donors (Lipinski definition) is 0. The zero-order valence-corrected chi connectivity index (χ0v) is 19.6. The lowest BCUT2D eigenvalue weighted by Gasteiger charge is -2.13. The number of esters is 2. The van der Waals surface area contributed by atoms with Gasteiger partial charge in [-0.15, -0.1) is 0 Å². The fourth-order valence-corrected chi connectivity index (χ4v) is 3.40. The Morgan fingerprint density at radius 2 is 1.42 bits per heavy atom. The second-order valence-corrected chi connectivity index (χ2v) is 7.73. The highest BCUT2D eigenvalue weighted by atomic mass is 16.6. The quantitative estimate of drug-likeness (QED) is 0.125. The van der Waals surface area contributed by atoms with E-state index >= 15 is 0 Å². The van der Waals surface area contributed by atoms with Gasteiger partial charge in [-0.1, -0.05) is 55.5 Å². The van der Waals surface area contributed by atoms with Crippen molar-refractivity contribution in [3.63, 3.8) is 0 Å². The molecular weight excluding hydrogens is 460 g/mol. The van der Waals surface area contributed by atoms with Gasteiger partial charge in [0.25, 0.3) is 5.75 Å². The minimum atomic E-state index is -0.967. The van der Waals surface area contributed by atoms with Gasteiger partial charge in [-0.25, -0.2) is 14.4 Å². The van der Waals surface area contributed by atoms with Crippen molar-refractivity contribution in [2.24, 2.45) is 0 Å². The van der Waals surface area contributed by atoms with Crippen LogP contribution < -0.4 is 19.8 Å². The highest BCUT2D eigenvalue weighted by Gasteiger charge is 2.24. The Kier molecular flexibility index (Phi) is 7.93. The molecule has 0 N–H and O–H groups in total. The molecule has 0 fully saturated rings. The first-order valence-corrected chi connectivity index (χ1v) is 11.5. The van der Waals surface area contributed by atoms with Gasteiger partial charge in [0.15, 0.2) is 5.75 Å². The molecule has 7 nitrogen and oxygen atoms in total. The summed E-state index contributed by atoms with van der Waals surface area (Å²) in [6, 6.07) is 21.2. The van der Waals surface area contributed by atoms with Crippen molar-refractivity contribution in [1.82, 2.24) is 0 Å². The summed E-state index contributed by atoms with van der Waals surface area (Å²) in [5, 5.41) is 0.271. The Morgan fingerprint density at radius 1 is 0.806 bits per heavy atom. The molecule has 0 spiro atoms. The Labute approximate surface area is 207 Å². The molecule has 3 aromatic carbocycles. The zero-order valence-electron chi connectivity index (χ0n) is 19.6. The van der Waals surface area contributed by atoms with Crippen LogP contribution in [0.1, 0.15) is 40.5 Å². The third-order valence-electron chi connectivity index (χ3n) is 5.16. The van der Waals surface area contributed by atoms with Gasteiger partial charge in [0.05, 0.1) is 23.1 Å². The molecule has 0 atom stereocenters. The van der Waals surface area contributed by atoms with Crippen molar-refractivity contribution in [3.8, 4) is 17.2 Å². The normalized spacial score (nSPS) is 10.9. The van der Waals surface area contributed by atoms with Crippen molar-refractivity contribution in [2.45, 2.75) is 19.8 Å². The average Bonchev–Trinajstić information content (AvgIpc) is 2.91. The average molecular weight is 485 g/mol. The van der Waals surface area contributed by atoms with Crippen LogP contribution in [-0.4, -0.2) is 18.5 Å². The Balaban J connectivity index is 1.71. The lowest BCUT2D eigenvalue weighted by atomic mass is 10.2. The van der Waals surface area contributed by atoms with Gasteiger partial charge in [0.2, 0.25) is 0 Å². The van der Waals surface area contributed by atoms with Gasteiger partial charge in [0.1, 0.15) is 11.3 Å². The third kappa shape index (κ3) is 5.88. The largest absolute Gasteiger partial charge is 0.493 e. The molecule has 0 radical (unpaired) electrons. The van der Waals surface area contributed by atoms with Crippen LogP contribution in [0.4, 0.5) is 0 Å². The first-order valence-electron chi connectivity index (χ1n) is 11.5. The number of hydrogen-bond acceptors (Lipinski definition) is 7. The van der Waals surface area contributed by atoms with Crippen LogP contribution in [0.3, 0.4) is 0 Å². The molecule has 0 bridgehead atoms. The molecule has 0 saturated heterocycles. The first kappa shape index (κ1) is 24.5. The molecule has 0 aliphatic carbocycles. The molecule has 4 aromatic rings. The molecular formula is C29H24O7. The summed E-state index contributed by atoms with van der Waals surface area (Å²) in [6.07, 6.45) is 5.75. The topological polar surface area (TPSA) is 92.0 Å². The van der Waals surface area contributed by atoms with Gasteiger partial charge in [0, 0.05) is 6.07 Å². The van der Waals surface area contributed by atoms with E-state index in [-0.39, 0.29) is 27.8 Å². The number of carbonyl (C=O) groups excluding carboxylic acids is 2. The van der Waals surface area contributed by atoms with Crippen LogP contribution in [0.25, 0.3) is 11.0 Å². The Bertz CT molecular complexity index is 1440. The number of ether oxygens (including phenoxy) is 3. The van der Waals surface area contributed by atoms with E-state index in [1.807, 2.05) is 6.08 Å². The minimum Gasteiger partial charge on any atom is -0.493 e. The maximum atomic E-state index is 12.9. The van der Waals surface area contributed by atoms with Gasteiger partial charge in [-0.3, -0.25) is 0 Å². The van der Waals surface area contributed by atoms with Crippen molar-refractivity contribution < 1.29 is 28.2 Å². The van der Waals surface area contributed by atoms with E-state index in [9.17, 15) is 14.4 Å². The third-order valence-corrected chi connectivity index (χ3v) is 5.16. The van der Waals surface area contributed by atoms with Crippen LogP contribution in [0.2, 0.25) is 0 Å². The summed E-state index contributed by atoms with van der Waals surface area (Å²) in [5.74, 6) is -1.76. The van der Waals surface area contributed by atoms with Gasteiger partial charge >= 0.3 is 17.6 Å². The molecule has 0 amide bonds. The standard InChI is InChI=1S/C29H24O7/c1-2-3-4-11-18-33-22-16-17-23-24(19-22)34-29(32)26(36-28(31)21-14-9-6-10-15-21)25(23)35-27(30)20-12-7-5-8-13-20/h3-10,12-17,19H,2,11,18H2,1H3. The molecule has 0 aliphatic rings. The van der Waals surface area contributed by atoms with Crippen molar-refractivity contribution >= 4 is 22.9 Å². The summed E-state index contributed by atoms with van der Waals surface area (Å²) >= 11 is 0. The van der Waals surface area contributed by atoms with E-state index in [1.54, 1.807) is 72.8 Å². The molecule has 4 rings (SSSR count). The van der Waals surface area contributed by atoms with Crippen molar-refractivity contribution in [1.29, 1.82) is 0 Å². The maximum Gasteiger partial charge on any atom is 0.383 e. The van der Waals surface area contributed by atoms with E-state index in [0.29, 0.717) is 12.4 Å². The van der Waals surface area contributed by atoms with E-state index in [2.05, 4.69) is 13.0 Å². The number of carbonyl (C=O) groups is 2. The molecule has 1 aromatic heterocycles. The smallest absolute Gasteiger partial charge is 0.383 e. The molecule has 7 heteroatoms. The van der Waals surface area contributed by atoms with Crippen LogP contribution in [0.5, 0.6) is 17.2 Å². The van der Waals surface area contributed by atoms with Gasteiger partial charge in [-0.2, -0.15) is 0 Å². The second kappa shape index (κ2) is 11.7. The van der Waals surface area contributed by atoms with Crippen LogP contribution in [0.15, 0.2) is 100 Å². The predicted octanol–water partition coefficient (Wildman–Crippen LogP) is 5.97. The molecule has 0 saturated carbocycles. The Hall–Kier alpha value is -4.65. The van der Waals surface area contributed by atoms with Crippen molar-refractivity contribution in [2.75, 3.05) is 6.61 Å². The van der Waals surface area contributed by atoms with E-state index in [1.165, 1.54) is 6.07 Å². The second-order valence-electron chi connectivity index (χ2n) is 7.73. The molecule has 1 heterocycles. The first-order chi connectivity index (χ1) is 17.6. The SMILES string of the molecule is CCC=CCCOc1ccc2c(OC(=O)c3ccccc3)c(OC(=O)c3ccccc3)c(=O)oc2c1. The summed E-state index contributed by atoms with van der Waals surface area (Å²) in [4.78, 5) is 38.4. The molecule has 0 aliphatic heterocycles. The zero-order chi connectivity index (χ0) is 25.3. The molecule has 0 unspecified atom stereocenters. The van der Waals surface area contributed by atoms with E-state index in [4.69, 9.17) is 18.6 Å². The summed E-state index contributed by atoms with van der Waals surface area (Å²) in [6.45, 7) is 2.49. The molecule has 182 valence electrons. The van der Waals surface area contributed by atoms with Crippen LogP contribution in [-0.2, 0) is 0 Å².